The molecule has 2 aliphatic rings. The summed E-state index contributed by atoms with van der Waals surface area (Å²) in [4.78, 5) is 11.5. The number of rotatable bonds is 11. The Hall–Kier alpha value is -2.38. The Labute approximate surface area is 242 Å². The van der Waals surface area contributed by atoms with Gasteiger partial charge in [0.25, 0.3) is 0 Å². The van der Waals surface area contributed by atoms with Gasteiger partial charge >= 0.3 is 0 Å². The highest BCUT2D eigenvalue weighted by Gasteiger charge is 2.37. The monoisotopic (exact) mass is 551 g/mol. The molecule has 1 saturated heterocycles. The van der Waals surface area contributed by atoms with Crippen molar-refractivity contribution in [3.05, 3.63) is 42.4 Å². The van der Waals surface area contributed by atoms with Crippen LogP contribution >= 0.6 is 0 Å². The van der Waals surface area contributed by atoms with E-state index < -0.39 is 0 Å². The number of hydrogen-bond acceptors (Lipinski definition) is 7. The number of hydrogen-bond donors (Lipinski definition) is 2. The fraction of sp³-hybridized carbons (Fsp3) is 0.697. The predicted octanol–water partition coefficient (Wildman–Crippen LogP) is 6.12. The van der Waals surface area contributed by atoms with Crippen molar-refractivity contribution >= 4 is 5.82 Å². The number of aromatic nitrogens is 2. The fourth-order valence-electron chi connectivity index (χ4n) is 6.01. The smallest absolute Gasteiger partial charge is 0.137 e. The summed E-state index contributed by atoms with van der Waals surface area (Å²) in [5, 5.41) is 7.53. The average molecular weight is 552 g/mol. The molecule has 0 unspecified atom stereocenters. The molecule has 1 aliphatic heterocycles. The molecule has 0 bridgehead atoms. The van der Waals surface area contributed by atoms with Crippen molar-refractivity contribution in [1.29, 1.82) is 0 Å². The first kappa shape index (κ1) is 30.6. The van der Waals surface area contributed by atoms with E-state index in [1.807, 2.05) is 24.5 Å². The van der Waals surface area contributed by atoms with Gasteiger partial charge in [0, 0.05) is 65.0 Å². The SMILES string of the molecule is CC(C)(COc1ccc(N2CC(NC(C)(C)C)C2)nc1)CC(C)(C)N[C@H]1C[C@@H](Oc2ccnc(C(C)(C)C)c2)C1. The zero-order chi connectivity index (χ0) is 29.3. The Bertz CT molecular complexity index is 1100. The molecule has 0 spiro atoms. The second-order valence-electron chi connectivity index (χ2n) is 15.5. The molecule has 2 N–H and O–H groups in total. The highest BCUT2D eigenvalue weighted by molar-refractivity contribution is 5.44. The summed E-state index contributed by atoms with van der Waals surface area (Å²) >= 11 is 0. The fourth-order valence-corrected chi connectivity index (χ4v) is 6.01. The predicted molar refractivity (Wildman–Crippen MR) is 165 cm³/mol. The van der Waals surface area contributed by atoms with Gasteiger partial charge in [-0.3, -0.25) is 4.98 Å². The van der Waals surface area contributed by atoms with Gasteiger partial charge in [-0.2, -0.15) is 0 Å². The number of nitrogens with zero attached hydrogens (tertiary/aromatic N) is 3. The lowest BCUT2D eigenvalue weighted by Gasteiger charge is -2.44. The maximum atomic E-state index is 6.27. The third-order valence-electron chi connectivity index (χ3n) is 7.61. The van der Waals surface area contributed by atoms with E-state index in [-0.39, 0.29) is 28.0 Å². The standard InChI is InChI=1S/C33H53N5O2/c1-30(2,3)28-17-25(13-14-34-28)40-27-15-23(16-27)37-33(9,10)21-32(7,8)22-39-26-11-12-29(35-18-26)38-19-24(20-38)36-31(4,5)6/h11-14,17-18,23-24,27,36-37H,15-16,19-22H2,1-10H3/t23-,27+. The molecule has 0 amide bonds. The molecule has 2 aromatic rings. The summed E-state index contributed by atoms with van der Waals surface area (Å²) in [5.41, 5.74) is 1.24. The molecular weight excluding hydrogens is 498 g/mol. The van der Waals surface area contributed by atoms with Gasteiger partial charge in [-0.15, -0.1) is 0 Å². The molecule has 1 aliphatic carbocycles. The van der Waals surface area contributed by atoms with Crippen molar-refractivity contribution < 1.29 is 9.47 Å². The number of anilines is 1. The minimum absolute atomic E-state index is 0.00416. The van der Waals surface area contributed by atoms with Gasteiger partial charge in [0.05, 0.1) is 12.8 Å². The molecule has 0 aromatic carbocycles. The van der Waals surface area contributed by atoms with E-state index in [0.29, 0.717) is 18.7 Å². The van der Waals surface area contributed by atoms with Crippen molar-refractivity contribution in [1.82, 2.24) is 20.6 Å². The van der Waals surface area contributed by atoms with Crippen LogP contribution in [0.1, 0.15) is 94.2 Å². The Balaban J connectivity index is 1.18. The molecule has 3 heterocycles. The van der Waals surface area contributed by atoms with Crippen LogP contribution in [0, 0.1) is 5.41 Å². The van der Waals surface area contributed by atoms with E-state index >= 15 is 0 Å². The first-order valence-corrected chi connectivity index (χ1v) is 15.0. The summed E-state index contributed by atoms with van der Waals surface area (Å²) in [6.45, 7) is 25.0. The molecule has 40 heavy (non-hydrogen) atoms. The van der Waals surface area contributed by atoms with Crippen LogP contribution in [0.15, 0.2) is 36.7 Å². The Morgan fingerprint density at radius 3 is 2.15 bits per heavy atom. The van der Waals surface area contributed by atoms with E-state index in [4.69, 9.17) is 9.47 Å². The number of pyridine rings is 2. The first-order valence-electron chi connectivity index (χ1n) is 15.0. The summed E-state index contributed by atoms with van der Waals surface area (Å²) in [5.74, 6) is 2.78. The van der Waals surface area contributed by atoms with Crippen molar-refractivity contribution in [3.63, 3.8) is 0 Å². The van der Waals surface area contributed by atoms with Crippen LogP contribution in [-0.4, -0.2) is 58.9 Å². The van der Waals surface area contributed by atoms with Crippen LogP contribution in [0.5, 0.6) is 11.5 Å². The van der Waals surface area contributed by atoms with E-state index in [1.54, 1.807) is 0 Å². The van der Waals surface area contributed by atoms with Gasteiger partial charge in [-0.1, -0.05) is 34.6 Å². The highest BCUT2D eigenvalue weighted by Crippen LogP contribution is 2.34. The van der Waals surface area contributed by atoms with E-state index in [1.165, 1.54) is 0 Å². The first-order chi connectivity index (χ1) is 18.5. The molecule has 4 rings (SSSR count). The minimum Gasteiger partial charge on any atom is -0.491 e. The van der Waals surface area contributed by atoms with Gasteiger partial charge in [-0.25, -0.2) is 4.98 Å². The third kappa shape index (κ3) is 8.81. The second kappa shape index (κ2) is 11.5. The van der Waals surface area contributed by atoms with Crippen LogP contribution < -0.4 is 25.0 Å². The topological polar surface area (TPSA) is 71.5 Å². The molecule has 2 fully saturated rings. The lowest BCUT2D eigenvalue weighted by molar-refractivity contribution is 0.0578. The second-order valence-corrected chi connectivity index (χ2v) is 15.5. The molecule has 7 nitrogen and oxygen atoms in total. The van der Waals surface area contributed by atoms with Gasteiger partial charge in [0.2, 0.25) is 0 Å². The van der Waals surface area contributed by atoms with Crippen LogP contribution in [0.2, 0.25) is 0 Å². The lowest BCUT2D eigenvalue weighted by atomic mass is 9.78. The van der Waals surface area contributed by atoms with Gasteiger partial charge in [0.1, 0.15) is 23.4 Å². The van der Waals surface area contributed by atoms with Crippen LogP contribution in [0.25, 0.3) is 0 Å². The molecule has 0 radical (unpaired) electrons. The summed E-state index contributed by atoms with van der Waals surface area (Å²) in [7, 11) is 0. The molecule has 1 saturated carbocycles. The van der Waals surface area contributed by atoms with Crippen molar-refractivity contribution in [3.8, 4) is 11.5 Å². The zero-order valence-corrected chi connectivity index (χ0v) is 26.6. The van der Waals surface area contributed by atoms with Crippen LogP contribution in [-0.2, 0) is 5.41 Å². The number of ether oxygens (including phenoxy) is 2. The van der Waals surface area contributed by atoms with Crippen LogP contribution in [0.3, 0.4) is 0 Å². The molecular formula is C33H53N5O2. The van der Waals surface area contributed by atoms with Crippen molar-refractivity contribution in [2.75, 3.05) is 24.6 Å². The number of nitrogens with one attached hydrogen (secondary N) is 2. The minimum atomic E-state index is -0.00416. The highest BCUT2D eigenvalue weighted by atomic mass is 16.5. The van der Waals surface area contributed by atoms with Crippen molar-refractivity contribution in [2.24, 2.45) is 5.41 Å². The van der Waals surface area contributed by atoms with E-state index in [2.05, 4.69) is 107 Å². The zero-order valence-electron chi connectivity index (χ0n) is 26.6. The lowest BCUT2D eigenvalue weighted by Crippen LogP contribution is -2.62. The van der Waals surface area contributed by atoms with Crippen LogP contribution in [0.4, 0.5) is 5.82 Å². The van der Waals surface area contributed by atoms with E-state index in [0.717, 1.165) is 55.4 Å². The normalized spacial score (nSPS) is 20.6. The summed E-state index contributed by atoms with van der Waals surface area (Å²) in [6, 6.07) is 9.17. The molecule has 0 atom stereocenters. The van der Waals surface area contributed by atoms with Gasteiger partial charge < -0.3 is 25.0 Å². The Morgan fingerprint density at radius 2 is 1.55 bits per heavy atom. The molecule has 222 valence electrons. The van der Waals surface area contributed by atoms with E-state index in [9.17, 15) is 0 Å². The molecule has 2 aromatic heterocycles. The third-order valence-corrected chi connectivity index (χ3v) is 7.61. The van der Waals surface area contributed by atoms with Crippen molar-refractivity contribution in [2.45, 2.75) is 123 Å². The van der Waals surface area contributed by atoms with Gasteiger partial charge in [-0.05, 0) is 72.1 Å². The Morgan fingerprint density at radius 1 is 0.850 bits per heavy atom. The maximum absolute atomic E-state index is 6.27. The Kier molecular flexibility index (Phi) is 8.77. The summed E-state index contributed by atoms with van der Waals surface area (Å²) < 4.78 is 12.5. The quantitative estimate of drug-likeness (QED) is 0.348. The maximum Gasteiger partial charge on any atom is 0.137 e. The largest absolute Gasteiger partial charge is 0.491 e. The molecule has 7 heteroatoms. The van der Waals surface area contributed by atoms with Gasteiger partial charge in [0.15, 0.2) is 0 Å². The average Bonchev–Trinajstić information content (AvgIpc) is 2.77. The summed E-state index contributed by atoms with van der Waals surface area (Å²) in [6.07, 6.45) is 7.02.